The SMILES string of the molecule is CN1CCN(c2cc(-c3cccc4[nH]ccc34)c3nc(-c4cccc(F)c4)cn3n2)CC1. The maximum Gasteiger partial charge on any atom is 0.162 e. The van der Waals surface area contributed by atoms with Gasteiger partial charge in [-0.1, -0.05) is 24.3 Å². The summed E-state index contributed by atoms with van der Waals surface area (Å²) in [6, 6.07) is 17.0. The molecule has 0 radical (unpaired) electrons. The van der Waals surface area contributed by atoms with E-state index in [4.69, 9.17) is 10.1 Å². The molecule has 160 valence electrons. The molecule has 0 spiro atoms. The van der Waals surface area contributed by atoms with E-state index < -0.39 is 0 Å². The molecule has 3 aromatic heterocycles. The van der Waals surface area contributed by atoms with Crippen molar-refractivity contribution >= 4 is 22.4 Å². The van der Waals surface area contributed by atoms with Crippen molar-refractivity contribution < 1.29 is 4.39 Å². The van der Waals surface area contributed by atoms with E-state index in [0.717, 1.165) is 65.2 Å². The van der Waals surface area contributed by atoms with Crippen LogP contribution in [0.3, 0.4) is 0 Å². The zero-order valence-electron chi connectivity index (χ0n) is 17.8. The number of H-pyrrole nitrogens is 1. The van der Waals surface area contributed by atoms with E-state index in [9.17, 15) is 4.39 Å². The third kappa shape index (κ3) is 3.22. The maximum atomic E-state index is 13.9. The molecule has 1 saturated heterocycles. The Morgan fingerprint density at radius 2 is 1.78 bits per heavy atom. The van der Waals surface area contributed by atoms with Gasteiger partial charge >= 0.3 is 0 Å². The number of nitrogens with zero attached hydrogens (tertiary/aromatic N) is 5. The fourth-order valence-electron chi connectivity index (χ4n) is 4.46. The lowest BCUT2D eigenvalue weighted by Gasteiger charge is -2.33. The number of fused-ring (bicyclic) bond motifs is 2. The number of nitrogens with one attached hydrogen (secondary N) is 1. The van der Waals surface area contributed by atoms with Crippen LogP contribution in [0, 0.1) is 5.82 Å². The van der Waals surface area contributed by atoms with Crippen molar-refractivity contribution in [3.63, 3.8) is 0 Å². The minimum Gasteiger partial charge on any atom is -0.361 e. The summed E-state index contributed by atoms with van der Waals surface area (Å²) in [5.41, 5.74) is 5.40. The number of likely N-dealkylation sites (N-methyl/N-ethyl adjacent to an activating group) is 1. The molecule has 1 aliphatic heterocycles. The quantitative estimate of drug-likeness (QED) is 0.464. The summed E-state index contributed by atoms with van der Waals surface area (Å²) in [6.45, 7) is 3.85. The van der Waals surface area contributed by atoms with Crippen LogP contribution >= 0.6 is 0 Å². The summed E-state index contributed by atoms with van der Waals surface area (Å²) < 4.78 is 15.7. The molecule has 32 heavy (non-hydrogen) atoms. The van der Waals surface area contributed by atoms with E-state index in [1.165, 1.54) is 12.1 Å². The van der Waals surface area contributed by atoms with Crippen LogP contribution in [-0.2, 0) is 0 Å². The zero-order valence-corrected chi connectivity index (χ0v) is 17.8. The number of hydrogen-bond donors (Lipinski definition) is 1. The van der Waals surface area contributed by atoms with Gasteiger partial charge in [-0.15, -0.1) is 5.10 Å². The summed E-state index contributed by atoms with van der Waals surface area (Å²) in [5.74, 6) is 0.652. The minimum atomic E-state index is -0.275. The summed E-state index contributed by atoms with van der Waals surface area (Å²) in [7, 11) is 2.15. The lowest BCUT2D eigenvalue weighted by molar-refractivity contribution is 0.311. The minimum absolute atomic E-state index is 0.275. The van der Waals surface area contributed by atoms with Crippen molar-refractivity contribution in [2.75, 3.05) is 38.1 Å². The van der Waals surface area contributed by atoms with Gasteiger partial charge in [-0.05, 0) is 42.9 Å². The molecule has 4 heterocycles. The van der Waals surface area contributed by atoms with Crippen molar-refractivity contribution in [1.29, 1.82) is 0 Å². The molecule has 0 saturated carbocycles. The van der Waals surface area contributed by atoms with E-state index in [0.29, 0.717) is 5.69 Å². The van der Waals surface area contributed by atoms with Gasteiger partial charge in [0.25, 0.3) is 0 Å². The number of rotatable bonds is 3. The highest BCUT2D eigenvalue weighted by Gasteiger charge is 2.20. The van der Waals surface area contributed by atoms with Crippen LogP contribution in [0.15, 0.2) is 67.0 Å². The van der Waals surface area contributed by atoms with Gasteiger partial charge in [0.05, 0.1) is 11.9 Å². The molecule has 1 fully saturated rings. The predicted molar refractivity (Wildman–Crippen MR) is 125 cm³/mol. The zero-order chi connectivity index (χ0) is 21.7. The van der Waals surface area contributed by atoms with Crippen LogP contribution in [-0.4, -0.2) is 57.7 Å². The fraction of sp³-hybridized carbons (Fsp3) is 0.200. The Labute approximate surface area is 184 Å². The number of aromatic nitrogens is 4. The number of aromatic amines is 1. The Morgan fingerprint density at radius 1 is 0.938 bits per heavy atom. The van der Waals surface area contributed by atoms with Gasteiger partial charge in [-0.3, -0.25) is 0 Å². The summed E-state index contributed by atoms with van der Waals surface area (Å²) in [4.78, 5) is 12.8. The second kappa shape index (κ2) is 7.46. The predicted octanol–water partition coefficient (Wildman–Crippen LogP) is 4.44. The Kier molecular flexibility index (Phi) is 4.43. The number of hydrogen-bond acceptors (Lipinski definition) is 4. The second-order valence-corrected chi connectivity index (χ2v) is 8.36. The van der Waals surface area contributed by atoms with Crippen molar-refractivity contribution in [2.45, 2.75) is 0 Å². The molecule has 2 aromatic carbocycles. The monoisotopic (exact) mass is 426 g/mol. The molecule has 5 aromatic rings. The Balaban J connectivity index is 1.57. The topological polar surface area (TPSA) is 52.5 Å². The number of benzene rings is 2. The van der Waals surface area contributed by atoms with Crippen molar-refractivity contribution in [2.24, 2.45) is 0 Å². The summed E-state index contributed by atoms with van der Waals surface area (Å²) in [5, 5.41) is 6.05. The van der Waals surface area contributed by atoms with Crippen LogP contribution in [0.2, 0.25) is 0 Å². The maximum absolute atomic E-state index is 13.9. The molecule has 6 rings (SSSR count). The fourth-order valence-corrected chi connectivity index (χ4v) is 4.46. The molecule has 7 heteroatoms. The first-order valence-corrected chi connectivity index (χ1v) is 10.8. The van der Waals surface area contributed by atoms with Crippen molar-refractivity contribution in [1.82, 2.24) is 24.5 Å². The first-order chi connectivity index (χ1) is 15.7. The van der Waals surface area contributed by atoms with Gasteiger partial charge in [0, 0.05) is 54.4 Å². The first-order valence-electron chi connectivity index (χ1n) is 10.8. The molecular weight excluding hydrogens is 403 g/mol. The van der Waals surface area contributed by atoms with Crippen LogP contribution in [0.25, 0.3) is 38.9 Å². The van der Waals surface area contributed by atoms with Crippen LogP contribution in [0.1, 0.15) is 0 Å². The average molecular weight is 426 g/mol. The van der Waals surface area contributed by atoms with E-state index in [1.807, 2.05) is 23.0 Å². The average Bonchev–Trinajstić information content (AvgIpc) is 3.46. The molecule has 1 aliphatic rings. The Hall–Kier alpha value is -3.71. The van der Waals surface area contributed by atoms with Crippen LogP contribution < -0.4 is 4.90 Å². The first kappa shape index (κ1) is 19.0. The highest BCUT2D eigenvalue weighted by atomic mass is 19.1. The van der Waals surface area contributed by atoms with Gasteiger partial charge < -0.3 is 14.8 Å². The number of anilines is 1. The normalized spacial score (nSPS) is 15.1. The number of halogens is 1. The van der Waals surface area contributed by atoms with E-state index in [1.54, 1.807) is 6.07 Å². The molecule has 0 amide bonds. The van der Waals surface area contributed by atoms with Crippen molar-refractivity contribution in [3.8, 4) is 22.4 Å². The van der Waals surface area contributed by atoms with E-state index in [-0.39, 0.29) is 5.82 Å². The third-order valence-electron chi connectivity index (χ3n) is 6.25. The number of piperazine rings is 1. The van der Waals surface area contributed by atoms with Crippen LogP contribution in [0.5, 0.6) is 0 Å². The lowest BCUT2D eigenvalue weighted by atomic mass is 10.0. The molecule has 0 aliphatic carbocycles. The molecule has 0 bridgehead atoms. The summed E-state index contributed by atoms with van der Waals surface area (Å²) in [6.07, 6.45) is 3.85. The van der Waals surface area contributed by atoms with Gasteiger partial charge in [0.1, 0.15) is 11.6 Å². The standard InChI is InChI=1S/C25H23FN6/c1-30-10-12-31(13-11-30)24-15-21(19-6-3-7-22-20(19)8-9-27-22)25-28-23(16-32(25)29-24)17-4-2-5-18(26)14-17/h2-9,14-16,27H,10-13H2,1H3. The van der Waals surface area contributed by atoms with Gasteiger partial charge in [-0.2, -0.15) is 0 Å². The second-order valence-electron chi connectivity index (χ2n) is 8.36. The smallest absolute Gasteiger partial charge is 0.162 e. The van der Waals surface area contributed by atoms with Crippen LogP contribution in [0.4, 0.5) is 10.2 Å². The Morgan fingerprint density at radius 3 is 2.62 bits per heavy atom. The van der Waals surface area contributed by atoms with Gasteiger partial charge in [0.2, 0.25) is 0 Å². The highest BCUT2D eigenvalue weighted by Crippen LogP contribution is 2.34. The lowest BCUT2D eigenvalue weighted by Crippen LogP contribution is -2.45. The molecule has 0 atom stereocenters. The third-order valence-corrected chi connectivity index (χ3v) is 6.25. The molecule has 0 unspecified atom stereocenters. The molecule has 1 N–H and O–H groups in total. The van der Waals surface area contributed by atoms with Crippen molar-refractivity contribution in [3.05, 3.63) is 72.8 Å². The molecular formula is C25H23FN6. The van der Waals surface area contributed by atoms with E-state index in [2.05, 4.69) is 52.2 Å². The largest absolute Gasteiger partial charge is 0.361 e. The molecule has 6 nitrogen and oxygen atoms in total. The van der Waals surface area contributed by atoms with Gasteiger partial charge in [0.15, 0.2) is 5.65 Å². The van der Waals surface area contributed by atoms with Gasteiger partial charge in [-0.25, -0.2) is 13.9 Å². The van der Waals surface area contributed by atoms with E-state index >= 15 is 0 Å². The number of imidazole rings is 1. The summed E-state index contributed by atoms with van der Waals surface area (Å²) >= 11 is 0. The highest BCUT2D eigenvalue weighted by molar-refractivity contribution is 5.99. The Bertz CT molecular complexity index is 1430.